The average Bonchev–Trinajstić information content (AvgIpc) is 3.50. The summed E-state index contributed by atoms with van der Waals surface area (Å²) >= 11 is 0. The Morgan fingerprint density at radius 1 is 0.929 bits per heavy atom. The third kappa shape index (κ3) is 6.01. The number of aliphatic carboxylic acids is 1. The molecule has 216 valence electrons. The molecule has 3 aromatic carbocycles. The minimum absolute atomic E-state index is 0.103. The maximum Gasteiger partial charge on any atom is 0.321 e. The number of benzene rings is 3. The van der Waals surface area contributed by atoms with Crippen molar-refractivity contribution in [1.29, 1.82) is 0 Å². The van der Waals surface area contributed by atoms with Gasteiger partial charge in [0, 0.05) is 24.6 Å². The summed E-state index contributed by atoms with van der Waals surface area (Å²) in [5.74, 6) is -3.63. The summed E-state index contributed by atoms with van der Waals surface area (Å²) in [4.78, 5) is 38.2. The maximum atomic E-state index is 14.3. The number of aromatic nitrogens is 1. The van der Waals surface area contributed by atoms with Crippen LogP contribution in [-0.4, -0.2) is 27.5 Å². The van der Waals surface area contributed by atoms with Crippen molar-refractivity contribution >= 4 is 17.6 Å². The fourth-order valence-electron chi connectivity index (χ4n) is 5.92. The highest BCUT2D eigenvalue weighted by Gasteiger charge is 2.36. The fourth-order valence-corrected chi connectivity index (χ4v) is 5.92. The highest BCUT2D eigenvalue weighted by molar-refractivity contribution is 6.11. The van der Waals surface area contributed by atoms with Gasteiger partial charge in [0.2, 0.25) is 0 Å². The molecule has 2 atom stereocenters. The van der Waals surface area contributed by atoms with Gasteiger partial charge in [-0.15, -0.1) is 0 Å². The molecule has 0 spiro atoms. The van der Waals surface area contributed by atoms with Crippen LogP contribution >= 0.6 is 0 Å². The first-order valence-corrected chi connectivity index (χ1v) is 13.9. The lowest BCUT2D eigenvalue weighted by Crippen LogP contribution is -2.43. The van der Waals surface area contributed by atoms with E-state index in [-0.39, 0.29) is 35.3 Å². The van der Waals surface area contributed by atoms with E-state index in [0.29, 0.717) is 11.8 Å². The molecule has 42 heavy (non-hydrogen) atoms. The van der Waals surface area contributed by atoms with Crippen LogP contribution in [-0.2, 0) is 11.3 Å². The molecule has 0 bridgehead atoms. The minimum atomic E-state index is -1.03. The van der Waals surface area contributed by atoms with E-state index in [4.69, 9.17) is 5.73 Å². The van der Waals surface area contributed by atoms with Crippen molar-refractivity contribution in [2.24, 2.45) is 5.92 Å². The molecule has 0 radical (unpaired) electrons. The second-order valence-corrected chi connectivity index (χ2v) is 10.6. The lowest BCUT2D eigenvalue weighted by atomic mass is 9.79. The van der Waals surface area contributed by atoms with Gasteiger partial charge in [-0.3, -0.25) is 24.3 Å². The van der Waals surface area contributed by atoms with Crippen molar-refractivity contribution in [3.63, 3.8) is 0 Å². The quantitative estimate of drug-likeness (QED) is 0.218. The maximum absolute atomic E-state index is 14.3. The molecule has 1 saturated carbocycles. The lowest BCUT2D eigenvalue weighted by molar-refractivity contribution is -0.140. The zero-order valence-electron chi connectivity index (χ0n) is 22.8. The molecular formula is C33H31F2N3O4. The number of pyridine rings is 1. The lowest BCUT2D eigenvalue weighted by Gasteiger charge is -2.30. The van der Waals surface area contributed by atoms with E-state index >= 15 is 0 Å². The molecule has 1 aromatic heterocycles. The Kier molecular flexibility index (Phi) is 8.59. The summed E-state index contributed by atoms with van der Waals surface area (Å²) in [6.07, 6.45) is 4.17. The van der Waals surface area contributed by atoms with Crippen molar-refractivity contribution in [1.82, 2.24) is 9.88 Å². The van der Waals surface area contributed by atoms with E-state index in [9.17, 15) is 28.3 Å². The SMILES string of the molecule is Nc1c(C(=O)c2ccc(F)cc2F)ccc(=O)n1-c1ccc(CNC(C(=O)O)C(c2ccccc2)C2CCCC2)cc1. The highest BCUT2D eigenvalue weighted by atomic mass is 19.1. The van der Waals surface area contributed by atoms with Crippen molar-refractivity contribution in [2.75, 3.05) is 5.73 Å². The normalized spacial score (nSPS) is 14.9. The first kappa shape index (κ1) is 28.9. The van der Waals surface area contributed by atoms with Gasteiger partial charge < -0.3 is 10.8 Å². The largest absolute Gasteiger partial charge is 0.480 e. The van der Waals surface area contributed by atoms with Gasteiger partial charge in [0.1, 0.15) is 23.5 Å². The molecule has 1 aliphatic carbocycles. The van der Waals surface area contributed by atoms with E-state index in [1.165, 1.54) is 6.07 Å². The monoisotopic (exact) mass is 571 g/mol. The number of nitrogens with two attached hydrogens (primary N) is 1. The third-order valence-corrected chi connectivity index (χ3v) is 7.99. The van der Waals surface area contributed by atoms with Crippen molar-refractivity contribution < 1.29 is 23.5 Å². The van der Waals surface area contributed by atoms with Crippen molar-refractivity contribution in [3.05, 3.63) is 129 Å². The Balaban J connectivity index is 1.37. The van der Waals surface area contributed by atoms with Crippen LogP contribution in [0.2, 0.25) is 0 Å². The molecule has 0 aliphatic heterocycles. The number of halogens is 2. The summed E-state index contributed by atoms with van der Waals surface area (Å²) in [7, 11) is 0. The Hall–Kier alpha value is -4.63. The number of nitrogens with zero attached hydrogens (tertiary/aromatic N) is 1. The van der Waals surface area contributed by atoms with E-state index < -0.39 is 35.0 Å². The Morgan fingerprint density at radius 3 is 2.24 bits per heavy atom. The van der Waals surface area contributed by atoms with Crippen LogP contribution in [0.1, 0.15) is 58.6 Å². The Labute approximate surface area is 241 Å². The van der Waals surface area contributed by atoms with Crippen LogP contribution in [0, 0.1) is 17.6 Å². The molecule has 1 fully saturated rings. The summed E-state index contributed by atoms with van der Waals surface area (Å²) < 4.78 is 28.7. The zero-order chi connectivity index (χ0) is 29.8. The smallest absolute Gasteiger partial charge is 0.321 e. The number of hydrogen-bond donors (Lipinski definition) is 3. The standard InChI is InChI=1S/C33H31F2N3O4/c34-23-12-15-25(27(35)18-23)31(40)26-16-17-28(39)38(32(26)36)24-13-10-20(11-14-24)19-37-30(33(41)42)29(22-8-4-5-9-22)21-6-2-1-3-7-21/h1-3,6-7,10-18,22,29-30,37H,4-5,8-9,19,36H2,(H,41,42). The number of hydrogen-bond acceptors (Lipinski definition) is 5. The Bertz CT molecular complexity index is 1650. The summed E-state index contributed by atoms with van der Waals surface area (Å²) in [6.45, 7) is 0.278. The van der Waals surface area contributed by atoms with Gasteiger partial charge in [-0.05, 0) is 60.2 Å². The molecule has 7 nitrogen and oxygen atoms in total. The molecular weight excluding hydrogens is 540 g/mol. The predicted octanol–water partition coefficient (Wildman–Crippen LogP) is 5.45. The number of anilines is 1. The second-order valence-electron chi connectivity index (χ2n) is 10.6. The number of ketones is 1. The van der Waals surface area contributed by atoms with Crippen molar-refractivity contribution in [2.45, 2.75) is 44.2 Å². The van der Waals surface area contributed by atoms with E-state index in [1.54, 1.807) is 24.3 Å². The van der Waals surface area contributed by atoms with Crippen LogP contribution in [0.4, 0.5) is 14.6 Å². The van der Waals surface area contributed by atoms with Crippen molar-refractivity contribution in [3.8, 4) is 5.69 Å². The molecule has 4 N–H and O–H groups in total. The number of carbonyl (C=O) groups is 2. The van der Waals surface area contributed by atoms with E-state index in [0.717, 1.165) is 59.6 Å². The van der Waals surface area contributed by atoms with Crippen LogP contribution in [0.3, 0.4) is 0 Å². The topological polar surface area (TPSA) is 114 Å². The van der Waals surface area contributed by atoms with Crippen LogP contribution in [0.15, 0.2) is 89.7 Å². The fraction of sp³-hybridized carbons (Fsp3) is 0.242. The second kappa shape index (κ2) is 12.5. The summed E-state index contributed by atoms with van der Waals surface area (Å²) in [5, 5.41) is 13.4. The molecule has 9 heteroatoms. The number of carboxylic acids is 1. The molecule has 2 unspecified atom stereocenters. The Morgan fingerprint density at radius 2 is 1.60 bits per heavy atom. The first-order valence-electron chi connectivity index (χ1n) is 13.9. The van der Waals surface area contributed by atoms with Gasteiger partial charge in [0.05, 0.1) is 16.8 Å². The summed E-state index contributed by atoms with van der Waals surface area (Å²) in [5.41, 5.74) is 7.42. The number of nitrogen functional groups attached to an aromatic ring is 1. The summed E-state index contributed by atoms with van der Waals surface area (Å²) in [6, 6.07) is 20.7. The van der Waals surface area contributed by atoms with Gasteiger partial charge in [0.15, 0.2) is 5.78 Å². The van der Waals surface area contributed by atoms with Gasteiger partial charge in [-0.1, -0.05) is 55.3 Å². The molecule has 4 aromatic rings. The zero-order valence-corrected chi connectivity index (χ0v) is 22.8. The van der Waals surface area contributed by atoms with Crippen LogP contribution in [0.25, 0.3) is 5.69 Å². The predicted molar refractivity (Wildman–Crippen MR) is 156 cm³/mol. The molecule has 5 rings (SSSR count). The van der Waals surface area contributed by atoms with Gasteiger partial charge in [-0.25, -0.2) is 8.78 Å². The minimum Gasteiger partial charge on any atom is -0.480 e. The van der Waals surface area contributed by atoms with Gasteiger partial charge in [-0.2, -0.15) is 0 Å². The first-order chi connectivity index (χ1) is 20.2. The number of rotatable bonds is 10. The number of carbonyl (C=O) groups excluding carboxylic acids is 1. The van der Waals surface area contributed by atoms with E-state index in [2.05, 4.69) is 5.32 Å². The van der Waals surface area contributed by atoms with E-state index in [1.807, 2.05) is 30.3 Å². The van der Waals surface area contributed by atoms with Gasteiger partial charge in [0.25, 0.3) is 5.56 Å². The number of carboxylic acid groups (broad SMARTS) is 1. The number of nitrogens with one attached hydrogen (secondary N) is 1. The van der Waals surface area contributed by atoms with Crippen LogP contribution in [0.5, 0.6) is 0 Å². The van der Waals surface area contributed by atoms with Crippen LogP contribution < -0.4 is 16.6 Å². The van der Waals surface area contributed by atoms with Gasteiger partial charge >= 0.3 is 5.97 Å². The molecule has 1 heterocycles. The molecule has 0 amide bonds. The highest BCUT2D eigenvalue weighted by Crippen LogP contribution is 2.39. The average molecular weight is 572 g/mol. The molecule has 0 saturated heterocycles. The third-order valence-electron chi connectivity index (χ3n) is 7.99. The molecule has 1 aliphatic rings.